The Morgan fingerprint density at radius 1 is 1.15 bits per heavy atom. The molecule has 0 aliphatic carbocycles. The summed E-state index contributed by atoms with van der Waals surface area (Å²) in [5.74, 6) is 0.743. The largest absolute Gasteiger partial charge is 0.390 e. The third-order valence-corrected chi connectivity index (χ3v) is 2.80. The van der Waals surface area contributed by atoms with E-state index in [1.54, 1.807) is 7.11 Å². The molecular weight excluding hydrogens is 164 g/mol. The fraction of sp³-hybridized carbons (Fsp3) is 1.00. The van der Waals surface area contributed by atoms with E-state index in [1.165, 1.54) is 0 Å². The lowest BCUT2D eigenvalue weighted by atomic mass is 9.88. The van der Waals surface area contributed by atoms with Gasteiger partial charge in [-0.2, -0.15) is 0 Å². The number of hydrogen-bond acceptors (Lipinski definition) is 2. The van der Waals surface area contributed by atoms with Crippen LogP contribution in [0.3, 0.4) is 0 Å². The molecular formula is C11H24O2. The summed E-state index contributed by atoms with van der Waals surface area (Å²) in [6.45, 7) is 8.40. The minimum Gasteiger partial charge on any atom is -0.390 e. The molecule has 0 amide bonds. The molecule has 0 rings (SSSR count). The molecule has 0 aromatic carbocycles. The summed E-state index contributed by atoms with van der Waals surface area (Å²) in [5, 5.41) is 10.0. The Morgan fingerprint density at radius 3 is 1.85 bits per heavy atom. The molecule has 0 spiro atoms. The molecule has 0 saturated heterocycles. The molecule has 2 unspecified atom stereocenters. The lowest BCUT2D eigenvalue weighted by molar-refractivity contribution is -0.0652. The standard InChI is InChI=1S/C11H24O2/c1-6-9(7-2)10(12)11(13-5)8(3)4/h8-12H,6-7H2,1-5H3. The van der Waals surface area contributed by atoms with Crippen LogP contribution in [0.25, 0.3) is 0 Å². The summed E-state index contributed by atoms with van der Waals surface area (Å²) in [6, 6.07) is 0. The van der Waals surface area contributed by atoms with Crippen LogP contribution in [-0.4, -0.2) is 24.4 Å². The van der Waals surface area contributed by atoms with E-state index in [0.717, 1.165) is 12.8 Å². The van der Waals surface area contributed by atoms with Gasteiger partial charge in [-0.25, -0.2) is 0 Å². The molecule has 2 atom stereocenters. The number of aliphatic hydroxyl groups excluding tert-OH is 1. The average molecular weight is 188 g/mol. The maximum atomic E-state index is 10.0. The number of ether oxygens (including phenoxy) is 1. The van der Waals surface area contributed by atoms with Gasteiger partial charge in [0.1, 0.15) is 0 Å². The Balaban J connectivity index is 4.24. The topological polar surface area (TPSA) is 29.5 Å². The van der Waals surface area contributed by atoms with E-state index in [9.17, 15) is 5.11 Å². The highest BCUT2D eigenvalue weighted by Gasteiger charge is 2.27. The second-order valence-electron chi connectivity index (χ2n) is 4.01. The fourth-order valence-corrected chi connectivity index (χ4v) is 1.85. The Kier molecular flexibility index (Phi) is 6.35. The summed E-state index contributed by atoms with van der Waals surface area (Å²) in [4.78, 5) is 0. The van der Waals surface area contributed by atoms with Gasteiger partial charge >= 0.3 is 0 Å². The third-order valence-electron chi connectivity index (χ3n) is 2.80. The average Bonchev–Trinajstić information content (AvgIpc) is 2.07. The predicted octanol–water partition coefficient (Wildman–Crippen LogP) is 2.45. The first-order chi connectivity index (χ1) is 6.08. The van der Waals surface area contributed by atoms with Gasteiger partial charge in [0, 0.05) is 7.11 Å². The van der Waals surface area contributed by atoms with Crippen molar-refractivity contribution < 1.29 is 9.84 Å². The lowest BCUT2D eigenvalue weighted by Gasteiger charge is -2.30. The van der Waals surface area contributed by atoms with Crippen molar-refractivity contribution in [1.29, 1.82) is 0 Å². The van der Waals surface area contributed by atoms with Gasteiger partial charge in [-0.1, -0.05) is 40.5 Å². The summed E-state index contributed by atoms with van der Waals surface area (Å²) in [6.07, 6.45) is 1.69. The van der Waals surface area contributed by atoms with Crippen molar-refractivity contribution in [3.63, 3.8) is 0 Å². The monoisotopic (exact) mass is 188 g/mol. The second-order valence-corrected chi connectivity index (χ2v) is 4.01. The molecule has 1 N–H and O–H groups in total. The van der Waals surface area contributed by atoms with Gasteiger partial charge in [0.05, 0.1) is 12.2 Å². The van der Waals surface area contributed by atoms with E-state index < -0.39 is 0 Å². The molecule has 0 radical (unpaired) electrons. The molecule has 0 aliphatic rings. The van der Waals surface area contributed by atoms with Crippen molar-refractivity contribution in [2.24, 2.45) is 11.8 Å². The van der Waals surface area contributed by atoms with E-state index >= 15 is 0 Å². The number of rotatable bonds is 6. The summed E-state index contributed by atoms with van der Waals surface area (Å²) in [7, 11) is 1.68. The maximum absolute atomic E-state index is 10.0. The van der Waals surface area contributed by atoms with Gasteiger partial charge in [-0.3, -0.25) is 0 Å². The van der Waals surface area contributed by atoms with Crippen LogP contribution in [0.4, 0.5) is 0 Å². The van der Waals surface area contributed by atoms with Crippen LogP contribution >= 0.6 is 0 Å². The van der Waals surface area contributed by atoms with Crippen LogP contribution < -0.4 is 0 Å². The SMILES string of the molecule is CCC(CC)C(O)C(OC)C(C)C. The first-order valence-corrected chi connectivity index (χ1v) is 5.29. The van der Waals surface area contributed by atoms with Crippen LogP contribution in [-0.2, 0) is 4.74 Å². The zero-order valence-electron chi connectivity index (χ0n) is 9.58. The predicted molar refractivity (Wildman–Crippen MR) is 55.7 cm³/mol. The van der Waals surface area contributed by atoms with Crippen LogP contribution in [0.15, 0.2) is 0 Å². The van der Waals surface area contributed by atoms with Crippen LogP contribution in [0.5, 0.6) is 0 Å². The Bertz CT molecular complexity index is 119. The van der Waals surface area contributed by atoms with E-state index in [0.29, 0.717) is 11.8 Å². The Morgan fingerprint density at radius 2 is 1.62 bits per heavy atom. The van der Waals surface area contributed by atoms with Gasteiger partial charge in [0.2, 0.25) is 0 Å². The first kappa shape index (κ1) is 12.9. The van der Waals surface area contributed by atoms with Gasteiger partial charge < -0.3 is 9.84 Å². The Labute approximate surface area is 82.3 Å². The molecule has 80 valence electrons. The van der Waals surface area contributed by atoms with Gasteiger partial charge in [0.25, 0.3) is 0 Å². The van der Waals surface area contributed by atoms with Crippen molar-refractivity contribution in [2.45, 2.75) is 52.7 Å². The van der Waals surface area contributed by atoms with Gasteiger partial charge in [0.15, 0.2) is 0 Å². The van der Waals surface area contributed by atoms with Gasteiger partial charge in [-0.05, 0) is 11.8 Å². The normalized spacial score (nSPS) is 16.6. The zero-order chi connectivity index (χ0) is 10.4. The van der Waals surface area contributed by atoms with Crippen molar-refractivity contribution in [3.05, 3.63) is 0 Å². The summed E-state index contributed by atoms with van der Waals surface area (Å²) < 4.78 is 5.31. The molecule has 0 aromatic heterocycles. The third kappa shape index (κ3) is 3.65. The van der Waals surface area contributed by atoms with E-state index in [4.69, 9.17) is 4.74 Å². The molecule has 0 aromatic rings. The molecule has 2 heteroatoms. The molecule has 0 bridgehead atoms. The molecule has 0 aliphatic heterocycles. The van der Waals surface area contributed by atoms with E-state index in [2.05, 4.69) is 27.7 Å². The Hall–Kier alpha value is -0.0800. The summed E-state index contributed by atoms with van der Waals surface area (Å²) >= 11 is 0. The van der Waals surface area contributed by atoms with Crippen LogP contribution in [0.2, 0.25) is 0 Å². The summed E-state index contributed by atoms with van der Waals surface area (Å²) in [5.41, 5.74) is 0. The molecule has 0 saturated carbocycles. The number of hydrogen-bond donors (Lipinski definition) is 1. The van der Waals surface area contributed by atoms with Crippen LogP contribution in [0, 0.1) is 11.8 Å². The van der Waals surface area contributed by atoms with Crippen molar-refractivity contribution >= 4 is 0 Å². The molecule has 2 nitrogen and oxygen atoms in total. The van der Waals surface area contributed by atoms with Crippen molar-refractivity contribution in [2.75, 3.05) is 7.11 Å². The molecule has 13 heavy (non-hydrogen) atoms. The lowest BCUT2D eigenvalue weighted by Crippen LogP contribution is -2.38. The highest BCUT2D eigenvalue weighted by atomic mass is 16.5. The highest BCUT2D eigenvalue weighted by Crippen LogP contribution is 2.21. The van der Waals surface area contributed by atoms with Crippen molar-refractivity contribution in [1.82, 2.24) is 0 Å². The van der Waals surface area contributed by atoms with E-state index in [-0.39, 0.29) is 12.2 Å². The zero-order valence-corrected chi connectivity index (χ0v) is 9.58. The molecule has 0 heterocycles. The van der Waals surface area contributed by atoms with Gasteiger partial charge in [-0.15, -0.1) is 0 Å². The fourth-order valence-electron chi connectivity index (χ4n) is 1.85. The minimum atomic E-state index is -0.319. The minimum absolute atomic E-state index is 0.0232. The second kappa shape index (κ2) is 6.39. The number of aliphatic hydroxyl groups is 1. The van der Waals surface area contributed by atoms with E-state index in [1.807, 2.05) is 0 Å². The smallest absolute Gasteiger partial charge is 0.0855 e. The highest BCUT2D eigenvalue weighted by molar-refractivity contribution is 4.77. The van der Waals surface area contributed by atoms with Crippen molar-refractivity contribution in [3.8, 4) is 0 Å². The number of methoxy groups -OCH3 is 1. The molecule has 0 fully saturated rings. The van der Waals surface area contributed by atoms with Crippen LogP contribution in [0.1, 0.15) is 40.5 Å². The first-order valence-electron chi connectivity index (χ1n) is 5.29. The maximum Gasteiger partial charge on any atom is 0.0855 e. The quantitative estimate of drug-likeness (QED) is 0.694.